The maximum atomic E-state index is 11.9. The first-order chi connectivity index (χ1) is 9.15. The van der Waals surface area contributed by atoms with Crippen molar-refractivity contribution < 1.29 is 4.79 Å². The molecule has 0 unspecified atom stereocenters. The lowest BCUT2D eigenvalue weighted by Gasteiger charge is -2.06. The molecule has 0 aliphatic rings. The van der Waals surface area contributed by atoms with Gasteiger partial charge in [0.2, 0.25) is 0 Å². The van der Waals surface area contributed by atoms with Gasteiger partial charge < -0.3 is 5.32 Å². The molecular formula is C12H16ClN5O. The Morgan fingerprint density at radius 2 is 2.11 bits per heavy atom. The summed E-state index contributed by atoms with van der Waals surface area (Å²) in [6.07, 6.45) is 4.85. The van der Waals surface area contributed by atoms with Gasteiger partial charge in [-0.1, -0.05) is 11.6 Å². The zero-order chi connectivity index (χ0) is 13.8. The Morgan fingerprint density at radius 3 is 2.74 bits per heavy atom. The topological polar surface area (TPSA) is 64.7 Å². The molecule has 0 bridgehead atoms. The van der Waals surface area contributed by atoms with Crippen molar-refractivity contribution in [1.29, 1.82) is 0 Å². The molecule has 2 aromatic heterocycles. The average Bonchev–Trinajstić information content (AvgIpc) is 3.02. The third-order valence-electron chi connectivity index (χ3n) is 2.83. The molecule has 6 nitrogen and oxygen atoms in total. The molecule has 0 aliphatic heterocycles. The second-order valence-electron chi connectivity index (χ2n) is 4.02. The van der Waals surface area contributed by atoms with Crippen LogP contribution < -0.4 is 5.32 Å². The van der Waals surface area contributed by atoms with Gasteiger partial charge in [-0.05, 0) is 13.8 Å². The zero-order valence-corrected chi connectivity index (χ0v) is 11.7. The maximum absolute atomic E-state index is 11.9. The third-order valence-corrected chi connectivity index (χ3v) is 3.15. The van der Waals surface area contributed by atoms with Gasteiger partial charge in [-0.3, -0.25) is 14.2 Å². The number of aryl methyl sites for hydroxylation is 2. The largest absolute Gasteiger partial charge is 0.346 e. The molecular weight excluding hydrogens is 266 g/mol. The van der Waals surface area contributed by atoms with Crippen molar-refractivity contribution in [2.75, 3.05) is 0 Å². The van der Waals surface area contributed by atoms with Crippen molar-refractivity contribution in [2.24, 2.45) is 0 Å². The number of hydrogen-bond acceptors (Lipinski definition) is 3. The Morgan fingerprint density at radius 1 is 1.32 bits per heavy atom. The maximum Gasteiger partial charge on any atom is 0.254 e. The molecule has 0 radical (unpaired) electrons. The van der Waals surface area contributed by atoms with E-state index >= 15 is 0 Å². The minimum absolute atomic E-state index is 0.167. The first kappa shape index (κ1) is 13.6. The van der Waals surface area contributed by atoms with E-state index in [1.54, 1.807) is 28.0 Å². The lowest BCUT2D eigenvalue weighted by molar-refractivity contribution is 0.0950. The van der Waals surface area contributed by atoms with Crippen molar-refractivity contribution in [1.82, 2.24) is 24.9 Å². The van der Waals surface area contributed by atoms with Crippen LogP contribution in [0.4, 0.5) is 0 Å². The molecule has 102 valence electrons. The van der Waals surface area contributed by atoms with Gasteiger partial charge >= 0.3 is 0 Å². The summed E-state index contributed by atoms with van der Waals surface area (Å²) in [4.78, 5) is 11.9. The van der Waals surface area contributed by atoms with E-state index in [1.165, 1.54) is 0 Å². The second-order valence-corrected chi connectivity index (χ2v) is 4.43. The molecule has 0 spiro atoms. The molecule has 1 amide bonds. The lowest BCUT2D eigenvalue weighted by Crippen LogP contribution is -2.24. The highest BCUT2D eigenvalue weighted by Gasteiger charge is 2.12. The number of hydrogen-bond donors (Lipinski definition) is 1. The van der Waals surface area contributed by atoms with E-state index in [0.29, 0.717) is 23.7 Å². The molecule has 2 aromatic rings. The fourth-order valence-corrected chi connectivity index (χ4v) is 1.96. The molecule has 2 heterocycles. The van der Waals surface area contributed by atoms with E-state index in [0.717, 1.165) is 12.2 Å². The molecule has 7 heteroatoms. The predicted octanol–water partition coefficient (Wildman–Crippen LogP) is 1.70. The molecule has 0 atom stereocenters. The van der Waals surface area contributed by atoms with Crippen molar-refractivity contribution in [3.63, 3.8) is 0 Å². The fraction of sp³-hybridized carbons (Fsp3) is 0.417. The van der Waals surface area contributed by atoms with Crippen LogP contribution in [0.15, 0.2) is 18.6 Å². The van der Waals surface area contributed by atoms with Gasteiger partial charge in [-0.25, -0.2) is 0 Å². The third kappa shape index (κ3) is 2.96. The van der Waals surface area contributed by atoms with Crippen molar-refractivity contribution in [3.8, 4) is 0 Å². The highest BCUT2D eigenvalue weighted by Crippen LogP contribution is 2.14. The fourth-order valence-electron chi connectivity index (χ4n) is 1.76. The van der Waals surface area contributed by atoms with Gasteiger partial charge in [-0.15, -0.1) is 0 Å². The normalized spacial score (nSPS) is 10.7. The minimum atomic E-state index is -0.167. The zero-order valence-electron chi connectivity index (χ0n) is 10.9. The smallest absolute Gasteiger partial charge is 0.254 e. The van der Waals surface area contributed by atoms with Gasteiger partial charge in [0.25, 0.3) is 5.91 Å². The Kier molecular flexibility index (Phi) is 4.21. The second kappa shape index (κ2) is 5.88. The monoisotopic (exact) mass is 281 g/mol. The number of rotatable bonds is 5. The quantitative estimate of drug-likeness (QED) is 0.907. The number of aromatic nitrogens is 4. The number of halogens is 1. The van der Waals surface area contributed by atoms with Gasteiger partial charge in [-0.2, -0.15) is 10.2 Å². The highest BCUT2D eigenvalue weighted by molar-refractivity contribution is 6.31. The van der Waals surface area contributed by atoms with Crippen LogP contribution in [0.1, 0.15) is 29.9 Å². The summed E-state index contributed by atoms with van der Waals surface area (Å²) in [6.45, 7) is 5.74. The molecule has 0 saturated heterocycles. The number of carbonyl (C=O) groups is 1. The number of carbonyl (C=O) groups excluding carboxylic acids is 1. The van der Waals surface area contributed by atoms with E-state index in [-0.39, 0.29) is 5.91 Å². The predicted molar refractivity (Wildman–Crippen MR) is 72.0 cm³/mol. The number of nitrogens with one attached hydrogen (secondary N) is 1. The molecule has 0 aromatic carbocycles. The molecule has 0 fully saturated rings. The summed E-state index contributed by atoms with van der Waals surface area (Å²) in [6, 6.07) is 0. The Balaban J connectivity index is 2.02. The Bertz CT molecular complexity index is 574. The van der Waals surface area contributed by atoms with Crippen LogP contribution >= 0.6 is 11.6 Å². The molecule has 0 saturated carbocycles. The molecule has 2 rings (SSSR count). The molecule has 1 N–H and O–H groups in total. The van der Waals surface area contributed by atoms with Crippen molar-refractivity contribution in [2.45, 2.75) is 33.5 Å². The first-order valence-corrected chi connectivity index (χ1v) is 6.54. The van der Waals surface area contributed by atoms with Gasteiger partial charge in [0.1, 0.15) is 0 Å². The Labute approximate surface area is 116 Å². The van der Waals surface area contributed by atoms with Crippen LogP contribution in [0.2, 0.25) is 5.02 Å². The van der Waals surface area contributed by atoms with Crippen molar-refractivity contribution in [3.05, 3.63) is 34.9 Å². The van der Waals surface area contributed by atoms with Gasteiger partial charge in [0.15, 0.2) is 0 Å². The summed E-state index contributed by atoms with van der Waals surface area (Å²) in [5, 5.41) is 11.6. The lowest BCUT2D eigenvalue weighted by atomic mass is 10.3. The highest BCUT2D eigenvalue weighted by atomic mass is 35.5. The van der Waals surface area contributed by atoms with E-state index < -0.39 is 0 Å². The van der Waals surface area contributed by atoms with Crippen LogP contribution in [0.25, 0.3) is 0 Å². The van der Waals surface area contributed by atoms with E-state index in [9.17, 15) is 4.79 Å². The SMILES string of the molecule is CCn1cc(C(=O)NCc2c(Cl)cnn2CC)cn1. The van der Waals surface area contributed by atoms with E-state index in [4.69, 9.17) is 11.6 Å². The number of nitrogens with zero attached hydrogens (tertiary/aromatic N) is 4. The first-order valence-electron chi connectivity index (χ1n) is 6.16. The van der Waals surface area contributed by atoms with Crippen LogP contribution in [0, 0.1) is 0 Å². The minimum Gasteiger partial charge on any atom is -0.346 e. The Hall–Kier alpha value is -1.82. The summed E-state index contributed by atoms with van der Waals surface area (Å²) in [5.74, 6) is -0.167. The van der Waals surface area contributed by atoms with Crippen LogP contribution in [0.5, 0.6) is 0 Å². The van der Waals surface area contributed by atoms with E-state index in [2.05, 4.69) is 15.5 Å². The van der Waals surface area contributed by atoms with E-state index in [1.807, 2.05) is 13.8 Å². The molecule has 0 aliphatic carbocycles. The molecule has 19 heavy (non-hydrogen) atoms. The summed E-state index contributed by atoms with van der Waals surface area (Å²) >= 11 is 6.03. The summed E-state index contributed by atoms with van der Waals surface area (Å²) in [7, 11) is 0. The standard InChI is InChI=1S/C12H16ClN5O/c1-3-17-8-9(5-15-17)12(19)14-7-11-10(13)6-16-18(11)4-2/h5-6,8H,3-4,7H2,1-2H3,(H,14,19). The van der Waals surface area contributed by atoms with Crippen LogP contribution in [0.3, 0.4) is 0 Å². The average molecular weight is 282 g/mol. The summed E-state index contributed by atoms with van der Waals surface area (Å²) in [5.41, 5.74) is 1.35. The summed E-state index contributed by atoms with van der Waals surface area (Å²) < 4.78 is 3.47. The van der Waals surface area contributed by atoms with Gasteiger partial charge in [0.05, 0.1) is 35.2 Å². The number of amides is 1. The van der Waals surface area contributed by atoms with Gasteiger partial charge in [0, 0.05) is 19.3 Å². The van der Waals surface area contributed by atoms with Crippen LogP contribution in [-0.2, 0) is 19.6 Å². The van der Waals surface area contributed by atoms with Crippen LogP contribution in [-0.4, -0.2) is 25.5 Å². The van der Waals surface area contributed by atoms with Crippen molar-refractivity contribution >= 4 is 17.5 Å².